The Hall–Kier alpha value is -1.14. The van der Waals surface area contributed by atoms with Gasteiger partial charge in [-0.1, -0.05) is 12.1 Å². The number of methoxy groups -OCH3 is 2. The summed E-state index contributed by atoms with van der Waals surface area (Å²) in [4.78, 5) is 0. The molecule has 3 N–H and O–H groups in total. The summed E-state index contributed by atoms with van der Waals surface area (Å²) < 4.78 is 17.0. The van der Waals surface area contributed by atoms with Crippen LogP contribution >= 0.6 is 0 Å². The molecule has 0 radical (unpaired) electrons. The van der Waals surface area contributed by atoms with E-state index in [1.165, 1.54) is 5.56 Å². The summed E-state index contributed by atoms with van der Waals surface area (Å²) >= 11 is 0. The minimum absolute atomic E-state index is 0.138. The lowest BCUT2D eigenvalue weighted by Crippen LogP contribution is -2.51. The third kappa shape index (κ3) is 2.92. The molecule has 1 unspecified atom stereocenters. The molecule has 1 aromatic carbocycles. The van der Waals surface area contributed by atoms with Crippen LogP contribution < -0.4 is 16.0 Å². The number of aryl methyl sites for hydroxylation is 1. The Balaban J connectivity index is 2.48. The molecule has 0 aliphatic carbocycles. The van der Waals surface area contributed by atoms with Crippen molar-refractivity contribution in [3.63, 3.8) is 0 Å². The first-order valence-corrected chi connectivity index (χ1v) is 7.32. The maximum absolute atomic E-state index is 5.88. The zero-order valence-corrected chi connectivity index (χ0v) is 13.4. The van der Waals surface area contributed by atoms with E-state index < -0.39 is 0 Å². The second-order valence-electron chi connectivity index (χ2n) is 5.61. The SMILES string of the molecule is COc1c(C(NN)C2(OC)CCOCC2)ccc(C)c1C. The molecule has 1 heterocycles. The number of hydrazine groups is 1. The molecule has 0 amide bonds. The number of nitrogens with one attached hydrogen (secondary N) is 1. The Morgan fingerprint density at radius 1 is 1.24 bits per heavy atom. The lowest BCUT2D eigenvalue weighted by Gasteiger charge is -2.42. The first kappa shape index (κ1) is 16.2. The molecule has 1 aliphatic heterocycles. The van der Waals surface area contributed by atoms with Gasteiger partial charge in [-0.05, 0) is 25.0 Å². The fourth-order valence-corrected chi connectivity index (χ4v) is 3.16. The molecular formula is C16H26N2O3. The van der Waals surface area contributed by atoms with E-state index in [1.54, 1.807) is 14.2 Å². The van der Waals surface area contributed by atoms with Gasteiger partial charge >= 0.3 is 0 Å². The average Bonchev–Trinajstić information content (AvgIpc) is 2.52. The number of rotatable bonds is 5. The molecule has 0 spiro atoms. The number of benzene rings is 1. The quantitative estimate of drug-likeness (QED) is 0.642. The van der Waals surface area contributed by atoms with E-state index >= 15 is 0 Å². The molecule has 118 valence electrons. The highest BCUT2D eigenvalue weighted by atomic mass is 16.5. The van der Waals surface area contributed by atoms with Gasteiger partial charge in [0.15, 0.2) is 0 Å². The highest BCUT2D eigenvalue weighted by Gasteiger charge is 2.42. The highest BCUT2D eigenvalue weighted by Crippen LogP contribution is 2.41. The number of hydrogen-bond donors (Lipinski definition) is 2. The van der Waals surface area contributed by atoms with Crippen molar-refractivity contribution in [2.24, 2.45) is 5.84 Å². The Kier molecular flexibility index (Phi) is 5.22. The van der Waals surface area contributed by atoms with Crippen molar-refractivity contribution in [3.8, 4) is 5.75 Å². The van der Waals surface area contributed by atoms with Gasteiger partial charge in [0.1, 0.15) is 5.75 Å². The third-order valence-corrected chi connectivity index (χ3v) is 4.66. The summed E-state index contributed by atoms with van der Waals surface area (Å²) in [5.41, 5.74) is 5.93. The van der Waals surface area contributed by atoms with E-state index in [1.807, 2.05) is 0 Å². The smallest absolute Gasteiger partial charge is 0.126 e. The van der Waals surface area contributed by atoms with Gasteiger partial charge in [-0.25, -0.2) is 5.43 Å². The maximum atomic E-state index is 5.88. The lowest BCUT2D eigenvalue weighted by atomic mass is 9.81. The standard InChI is InChI=1S/C16H26N2O3/c1-11-5-6-13(14(19-3)12(11)2)15(18-17)16(20-4)7-9-21-10-8-16/h5-6,15,18H,7-10,17H2,1-4H3. The molecule has 1 atom stereocenters. The Labute approximate surface area is 126 Å². The third-order valence-electron chi connectivity index (χ3n) is 4.66. The van der Waals surface area contributed by atoms with Crippen LogP contribution in [-0.2, 0) is 9.47 Å². The second-order valence-corrected chi connectivity index (χ2v) is 5.61. The van der Waals surface area contributed by atoms with Crippen LogP contribution in [0.15, 0.2) is 12.1 Å². The summed E-state index contributed by atoms with van der Waals surface area (Å²) in [6.45, 7) is 5.50. The fraction of sp³-hybridized carbons (Fsp3) is 0.625. The van der Waals surface area contributed by atoms with Gasteiger partial charge in [0, 0.05) is 38.7 Å². The van der Waals surface area contributed by atoms with Crippen LogP contribution in [0.2, 0.25) is 0 Å². The summed E-state index contributed by atoms with van der Waals surface area (Å²) in [6, 6.07) is 4.03. The van der Waals surface area contributed by atoms with Gasteiger partial charge in [0.05, 0.1) is 18.8 Å². The zero-order chi connectivity index (χ0) is 15.5. The fourth-order valence-electron chi connectivity index (χ4n) is 3.16. The van der Waals surface area contributed by atoms with E-state index in [2.05, 4.69) is 31.4 Å². The first-order valence-electron chi connectivity index (χ1n) is 7.32. The monoisotopic (exact) mass is 294 g/mol. The topological polar surface area (TPSA) is 65.7 Å². The predicted molar refractivity (Wildman–Crippen MR) is 82.3 cm³/mol. The van der Waals surface area contributed by atoms with Crippen molar-refractivity contribution in [1.29, 1.82) is 0 Å². The molecule has 21 heavy (non-hydrogen) atoms. The van der Waals surface area contributed by atoms with Crippen molar-refractivity contribution in [1.82, 2.24) is 5.43 Å². The normalized spacial score (nSPS) is 19.3. The van der Waals surface area contributed by atoms with E-state index in [0.29, 0.717) is 13.2 Å². The van der Waals surface area contributed by atoms with Crippen LogP contribution in [0.4, 0.5) is 0 Å². The molecule has 1 aromatic rings. The molecule has 0 aromatic heterocycles. The van der Waals surface area contributed by atoms with Gasteiger partial charge in [-0.15, -0.1) is 0 Å². The molecule has 1 saturated heterocycles. The van der Waals surface area contributed by atoms with Crippen LogP contribution in [-0.4, -0.2) is 33.0 Å². The summed E-state index contributed by atoms with van der Waals surface area (Å²) in [5, 5.41) is 0. The molecule has 0 saturated carbocycles. The van der Waals surface area contributed by atoms with Gasteiger partial charge < -0.3 is 14.2 Å². The van der Waals surface area contributed by atoms with Crippen LogP contribution in [0.5, 0.6) is 5.75 Å². The van der Waals surface area contributed by atoms with Crippen molar-refractivity contribution in [2.45, 2.75) is 38.3 Å². The van der Waals surface area contributed by atoms with Gasteiger partial charge in [0.25, 0.3) is 0 Å². The average molecular weight is 294 g/mol. The Morgan fingerprint density at radius 2 is 1.90 bits per heavy atom. The molecule has 1 fully saturated rings. The zero-order valence-electron chi connectivity index (χ0n) is 13.4. The largest absolute Gasteiger partial charge is 0.496 e. The minimum atomic E-state index is -0.373. The number of ether oxygens (including phenoxy) is 3. The summed E-state index contributed by atoms with van der Waals surface area (Å²) in [7, 11) is 3.44. The Bertz CT molecular complexity index is 485. The van der Waals surface area contributed by atoms with E-state index in [9.17, 15) is 0 Å². The molecular weight excluding hydrogens is 268 g/mol. The summed E-state index contributed by atoms with van der Waals surface area (Å²) in [6.07, 6.45) is 1.60. The van der Waals surface area contributed by atoms with Gasteiger partial charge in [-0.3, -0.25) is 5.84 Å². The van der Waals surface area contributed by atoms with Gasteiger partial charge in [-0.2, -0.15) is 0 Å². The molecule has 2 rings (SSSR count). The van der Waals surface area contributed by atoms with Crippen molar-refractivity contribution in [3.05, 3.63) is 28.8 Å². The van der Waals surface area contributed by atoms with E-state index in [-0.39, 0.29) is 11.6 Å². The predicted octanol–water partition coefficient (Wildman–Crippen LogP) is 2.01. The highest BCUT2D eigenvalue weighted by molar-refractivity contribution is 5.47. The van der Waals surface area contributed by atoms with Crippen LogP contribution in [0.3, 0.4) is 0 Å². The Morgan fingerprint density at radius 3 is 2.43 bits per heavy atom. The first-order chi connectivity index (χ1) is 10.1. The summed E-state index contributed by atoms with van der Waals surface area (Å²) in [5.74, 6) is 6.76. The van der Waals surface area contributed by atoms with Gasteiger partial charge in [0.2, 0.25) is 0 Å². The van der Waals surface area contributed by atoms with Crippen LogP contribution in [0.25, 0.3) is 0 Å². The molecule has 5 heteroatoms. The van der Waals surface area contributed by atoms with Crippen molar-refractivity contribution < 1.29 is 14.2 Å². The minimum Gasteiger partial charge on any atom is -0.496 e. The van der Waals surface area contributed by atoms with E-state index in [0.717, 1.165) is 29.7 Å². The molecule has 5 nitrogen and oxygen atoms in total. The molecule has 1 aliphatic rings. The van der Waals surface area contributed by atoms with Crippen molar-refractivity contribution >= 4 is 0 Å². The maximum Gasteiger partial charge on any atom is 0.126 e. The molecule has 0 bridgehead atoms. The number of nitrogens with two attached hydrogens (primary N) is 1. The van der Waals surface area contributed by atoms with Crippen LogP contribution in [0, 0.1) is 13.8 Å². The second kappa shape index (κ2) is 6.75. The van der Waals surface area contributed by atoms with E-state index in [4.69, 9.17) is 20.1 Å². The number of hydrogen-bond acceptors (Lipinski definition) is 5. The lowest BCUT2D eigenvalue weighted by molar-refractivity contribution is -0.112. The van der Waals surface area contributed by atoms with Crippen molar-refractivity contribution in [2.75, 3.05) is 27.4 Å². The van der Waals surface area contributed by atoms with Crippen LogP contribution in [0.1, 0.15) is 35.6 Å².